The van der Waals surface area contributed by atoms with Gasteiger partial charge in [0.05, 0.1) is 6.61 Å². The third kappa shape index (κ3) is 15.9. The van der Waals surface area contributed by atoms with Crippen LogP contribution in [0.2, 0.25) is 65.0 Å². The molecule has 1 N–H and O–H groups in total. The van der Waals surface area contributed by atoms with Crippen molar-refractivity contribution >= 4 is 45.8 Å². The van der Waals surface area contributed by atoms with Crippen LogP contribution in [0.25, 0.3) is 0 Å². The van der Waals surface area contributed by atoms with Gasteiger partial charge in [0.25, 0.3) is 0 Å². The lowest BCUT2D eigenvalue weighted by Crippen LogP contribution is -2.60. The summed E-state index contributed by atoms with van der Waals surface area (Å²) in [6.45, 7) is 26.3. The zero-order valence-corrected chi connectivity index (χ0v) is 26.0. The maximum absolute atomic E-state index is 11.9. The molecule has 1 amide bonds. The van der Waals surface area contributed by atoms with Crippen LogP contribution in [0, 0.1) is 0 Å². The average molecular weight is 524 g/mol. The summed E-state index contributed by atoms with van der Waals surface area (Å²) in [5, 5.41) is 2.47. The van der Waals surface area contributed by atoms with Gasteiger partial charge in [-0.1, -0.05) is 6.58 Å². The van der Waals surface area contributed by atoms with Gasteiger partial charge in [0.1, 0.15) is 0 Å². The summed E-state index contributed by atoms with van der Waals surface area (Å²) >= 11 is 0. The van der Waals surface area contributed by atoms with E-state index < -0.39 is 52.0 Å². The molecule has 1 atom stereocenters. The van der Waals surface area contributed by atoms with Gasteiger partial charge in [-0.3, -0.25) is 5.32 Å². The Morgan fingerprint density at radius 1 is 0.844 bits per heavy atom. The zero-order valence-electron chi connectivity index (χ0n) is 22.0. The number of carbonyl (C=O) groups excluding carboxylic acids is 2. The summed E-state index contributed by atoms with van der Waals surface area (Å²) < 4.78 is 30.2. The first-order valence-corrected chi connectivity index (χ1v) is 23.3. The van der Waals surface area contributed by atoms with Gasteiger partial charge < -0.3 is 21.8 Å². The van der Waals surface area contributed by atoms with Crippen LogP contribution in [-0.2, 0) is 26.6 Å². The van der Waals surface area contributed by atoms with Crippen molar-refractivity contribution in [2.75, 3.05) is 6.61 Å². The number of carbonyl (C=O) groups is 2. The molecule has 0 aromatic carbocycles. The Morgan fingerprint density at radius 3 is 1.66 bits per heavy atom. The molecular formula is C20H45NO7Si4. The van der Waals surface area contributed by atoms with E-state index in [1.807, 2.05) is 0 Å². The van der Waals surface area contributed by atoms with Crippen molar-refractivity contribution in [2.45, 2.75) is 97.9 Å². The summed E-state index contributed by atoms with van der Waals surface area (Å²) in [5.74, 6) is -0.564. The van der Waals surface area contributed by atoms with Gasteiger partial charge in [0.2, 0.25) is 0 Å². The third-order valence-corrected chi connectivity index (χ3v) is 15.5. The Hall–Kier alpha value is -0.772. The first-order valence-electron chi connectivity index (χ1n) is 11.1. The molecule has 0 aromatic heterocycles. The maximum Gasteiger partial charge on any atom is 0.469 e. The van der Waals surface area contributed by atoms with Crippen LogP contribution < -0.4 is 5.32 Å². The van der Waals surface area contributed by atoms with E-state index in [4.69, 9.17) is 21.8 Å². The second kappa shape index (κ2) is 12.6. The lowest BCUT2D eigenvalue weighted by Gasteiger charge is -2.43. The smallest absolute Gasteiger partial charge is 0.449 e. The number of hydrogen-bond donors (Lipinski definition) is 1. The van der Waals surface area contributed by atoms with E-state index in [0.717, 1.165) is 6.42 Å². The fraction of sp³-hybridized carbons (Fsp3) is 0.800. The van der Waals surface area contributed by atoms with E-state index in [2.05, 4.69) is 70.8 Å². The monoisotopic (exact) mass is 523 g/mol. The molecule has 32 heavy (non-hydrogen) atoms. The van der Waals surface area contributed by atoms with E-state index in [1.165, 1.54) is 0 Å². The summed E-state index contributed by atoms with van der Waals surface area (Å²) in [6.07, 6.45) is -0.0155. The molecule has 8 nitrogen and oxygen atoms in total. The van der Waals surface area contributed by atoms with Crippen LogP contribution in [0.15, 0.2) is 12.2 Å². The van der Waals surface area contributed by atoms with Crippen LogP contribution >= 0.6 is 0 Å². The van der Waals surface area contributed by atoms with Gasteiger partial charge >= 0.3 is 20.9 Å². The standard InChI is InChI=1S/C20H45NO7Si4/c1-17(2)19(22)25-18(3)21-20(23)24-15-13-14-16-32(26-29(4,5)6,27-30(7,8)9)28-31(10,11)12/h18H,1,13-16H2,2-12H3,(H,21,23). The predicted molar refractivity (Wildman–Crippen MR) is 138 cm³/mol. The Kier molecular flexibility index (Phi) is 12.3. The maximum atomic E-state index is 11.9. The van der Waals surface area contributed by atoms with Gasteiger partial charge in [-0.25, -0.2) is 9.59 Å². The van der Waals surface area contributed by atoms with Crippen molar-refractivity contribution in [2.24, 2.45) is 0 Å². The molecule has 0 radical (unpaired) electrons. The first kappa shape index (κ1) is 31.2. The molecule has 0 aromatic rings. The molecule has 0 spiro atoms. The summed E-state index contributed by atoms with van der Waals surface area (Å²) in [4.78, 5) is 23.4. The number of esters is 1. The van der Waals surface area contributed by atoms with Gasteiger partial charge in [0.15, 0.2) is 31.2 Å². The number of amides is 1. The van der Waals surface area contributed by atoms with E-state index in [1.54, 1.807) is 13.8 Å². The van der Waals surface area contributed by atoms with Gasteiger partial charge in [0, 0.05) is 11.6 Å². The normalized spacial score (nSPS) is 14.0. The highest BCUT2D eigenvalue weighted by molar-refractivity contribution is 6.90. The quantitative estimate of drug-likeness (QED) is 0.106. The van der Waals surface area contributed by atoms with E-state index >= 15 is 0 Å². The zero-order chi connectivity index (χ0) is 25.4. The van der Waals surface area contributed by atoms with Crippen molar-refractivity contribution in [3.63, 3.8) is 0 Å². The molecular weight excluding hydrogens is 479 g/mol. The van der Waals surface area contributed by atoms with Crippen LogP contribution in [0.4, 0.5) is 4.79 Å². The Labute approximate surface area is 199 Å². The van der Waals surface area contributed by atoms with Gasteiger partial charge in [-0.15, -0.1) is 0 Å². The number of unbranched alkanes of at least 4 members (excludes halogenated alkanes) is 1. The molecule has 1 unspecified atom stereocenters. The van der Waals surface area contributed by atoms with Crippen molar-refractivity contribution in [3.8, 4) is 0 Å². The number of hydrogen-bond acceptors (Lipinski definition) is 7. The highest BCUT2D eigenvalue weighted by Gasteiger charge is 2.49. The van der Waals surface area contributed by atoms with Crippen molar-refractivity contribution < 1.29 is 31.4 Å². The Balaban J connectivity index is 4.89. The minimum atomic E-state index is -2.87. The molecule has 0 aliphatic carbocycles. The molecule has 0 rings (SSSR count). The second-order valence-electron chi connectivity index (χ2n) is 10.9. The number of ether oxygens (including phenoxy) is 2. The van der Waals surface area contributed by atoms with Crippen molar-refractivity contribution in [3.05, 3.63) is 12.2 Å². The minimum absolute atomic E-state index is 0.240. The molecule has 0 fully saturated rings. The molecule has 0 heterocycles. The summed E-state index contributed by atoms with van der Waals surface area (Å²) in [7, 11) is -8.59. The van der Waals surface area contributed by atoms with Crippen molar-refractivity contribution in [1.82, 2.24) is 5.32 Å². The van der Waals surface area contributed by atoms with Crippen LogP contribution in [0.1, 0.15) is 26.7 Å². The third-order valence-electron chi connectivity index (χ3n) is 3.45. The Morgan fingerprint density at radius 2 is 1.28 bits per heavy atom. The fourth-order valence-corrected chi connectivity index (χ4v) is 17.5. The lowest BCUT2D eigenvalue weighted by atomic mass is 10.4. The van der Waals surface area contributed by atoms with Crippen LogP contribution in [0.5, 0.6) is 0 Å². The van der Waals surface area contributed by atoms with Crippen LogP contribution in [-0.4, -0.2) is 58.7 Å². The molecule has 0 aliphatic rings. The predicted octanol–water partition coefficient (Wildman–Crippen LogP) is 5.45. The largest absolute Gasteiger partial charge is 0.469 e. The summed E-state index contributed by atoms with van der Waals surface area (Å²) in [6, 6.07) is 0.698. The van der Waals surface area contributed by atoms with Crippen molar-refractivity contribution in [1.29, 1.82) is 0 Å². The molecule has 12 heteroatoms. The van der Waals surface area contributed by atoms with Gasteiger partial charge in [-0.05, 0) is 85.6 Å². The highest BCUT2D eigenvalue weighted by atomic mass is 28.5. The lowest BCUT2D eigenvalue weighted by molar-refractivity contribution is -0.144. The molecule has 188 valence electrons. The average Bonchev–Trinajstić information content (AvgIpc) is 2.48. The molecule has 0 saturated heterocycles. The SMILES string of the molecule is C=C(C)C(=O)OC(C)NC(=O)OCCCC[Si](O[Si](C)(C)C)(O[Si](C)(C)C)O[Si](C)(C)C. The fourth-order valence-electron chi connectivity index (χ4n) is 2.72. The highest BCUT2D eigenvalue weighted by Crippen LogP contribution is 2.30. The second-order valence-corrected chi connectivity index (χ2v) is 27.9. The summed E-state index contributed by atoms with van der Waals surface area (Å²) in [5.41, 5.74) is 0.265. The van der Waals surface area contributed by atoms with E-state index in [0.29, 0.717) is 12.5 Å². The van der Waals surface area contributed by atoms with E-state index in [-0.39, 0.29) is 12.2 Å². The number of rotatable bonds is 14. The van der Waals surface area contributed by atoms with Gasteiger partial charge in [-0.2, -0.15) is 0 Å². The Bertz CT molecular complexity index is 599. The number of alkyl carbamates (subject to hydrolysis) is 1. The first-order chi connectivity index (χ1) is 14.2. The number of nitrogens with one attached hydrogen (secondary N) is 1. The molecule has 0 bridgehead atoms. The molecule has 0 saturated carbocycles. The molecule has 0 aliphatic heterocycles. The topological polar surface area (TPSA) is 92.3 Å². The van der Waals surface area contributed by atoms with Crippen LogP contribution in [0.3, 0.4) is 0 Å². The van der Waals surface area contributed by atoms with E-state index in [9.17, 15) is 9.59 Å². The minimum Gasteiger partial charge on any atom is -0.449 e.